The fraction of sp³-hybridized carbons (Fsp3) is 0.154. The summed E-state index contributed by atoms with van der Waals surface area (Å²) < 4.78 is 34.2. The quantitative estimate of drug-likeness (QED) is 0.496. The number of aromatic hydroxyl groups is 3. The average Bonchev–Trinajstić information content (AvgIpc) is 2.75. The van der Waals surface area contributed by atoms with Gasteiger partial charge in [-0.2, -0.15) is 8.42 Å². The predicted octanol–water partition coefficient (Wildman–Crippen LogP) is 0.669. The summed E-state index contributed by atoms with van der Waals surface area (Å²) in [6.07, 6.45) is -1.19. The van der Waals surface area contributed by atoms with E-state index in [0.29, 0.717) is 4.57 Å². The maximum atomic E-state index is 12.1. The molecule has 0 saturated carbocycles. The maximum Gasteiger partial charge on any atom is 0.307 e. The molecule has 1 aromatic heterocycles. The first-order valence-corrected chi connectivity index (χ1v) is 7.62. The molecule has 2 rings (SSSR count). The van der Waals surface area contributed by atoms with Gasteiger partial charge in [-0.3, -0.25) is 13.9 Å². The number of carboxylic acids is 1. The molecule has 2 aromatic rings. The van der Waals surface area contributed by atoms with E-state index >= 15 is 0 Å². The van der Waals surface area contributed by atoms with Gasteiger partial charge in [0.15, 0.2) is 11.8 Å². The van der Waals surface area contributed by atoms with Crippen LogP contribution in [0.3, 0.4) is 0 Å². The molecule has 0 aliphatic heterocycles. The number of aromatic nitrogens is 1. The summed E-state index contributed by atoms with van der Waals surface area (Å²) in [6.45, 7) is 0. The summed E-state index contributed by atoms with van der Waals surface area (Å²) in [5.41, 5.74) is -0.276. The molecule has 124 valence electrons. The summed E-state index contributed by atoms with van der Waals surface area (Å²) in [6, 6.07) is 6.16. The average molecular weight is 343 g/mol. The van der Waals surface area contributed by atoms with E-state index in [2.05, 4.69) is 0 Å². The molecule has 10 heteroatoms. The van der Waals surface area contributed by atoms with Crippen LogP contribution in [0, 0.1) is 0 Å². The third-order valence-corrected chi connectivity index (χ3v) is 4.75. The monoisotopic (exact) mass is 343 g/mol. The second-order valence-electron chi connectivity index (χ2n) is 4.76. The highest BCUT2D eigenvalue weighted by atomic mass is 32.2. The number of benzene rings is 1. The molecular formula is C13H13NO8S. The standard InChI is InChI=1S/C13H13NO8S/c15-9-3-1-8(2-4-9)13(7-12(18)19,23(20,21)22)14-10(16)5-6-11(14)17/h1-6,15-17H,7H2,(H,18,19)(H,20,21,22). The molecule has 9 nitrogen and oxygen atoms in total. The number of carboxylic acid groups (broad SMARTS) is 1. The lowest BCUT2D eigenvalue weighted by Gasteiger charge is -2.32. The van der Waals surface area contributed by atoms with Crippen LogP contribution in [0.5, 0.6) is 17.5 Å². The molecule has 0 aliphatic rings. The molecule has 1 aromatic carbocycles. The van der Waals surface area contributed by atoms with E-state index in [9.17, 15) is 33.1 Å². The molecule has 0 bridgehead atoms. The van der Waals surface area contributed by atoms with E-state index in [1.165, 1.54) is 0 Å². The minimum Gasteiger partial charge on any atom is -0.508 e. The first-order chi connectivity index (χ1) is 10.6. The van der Waals surface area contributed by atoms with Crippen molar-refractivity contribution in [2.24, 2.45) is 0 Å². The minimum atomic E-state index is -5.17. The van der Waals surface area contributed by atoms with Crippen molar-refractivity contribution < 1.29 is 38.2 Å². The van der Waals surface area contributed by atoms with Crippen LogP contribution in [0.15, 0.2) is 36.4 Å². The van der Waals surface area contributed by atoms with Crippen LogP contribution in [0.2, 0.25) is 0 Å². The van der Waals surface area contributed by atoms with E-state index in [-0.39, 0.29) is 11.3 Å². The Balaban J connectivity index is 2.92. The second kappa shape index (κ2) is 5.48. The Labute approximate surface area is 130 Å². The molecular weight excluding hydrogens is 330 g/mol. The number of phenolic OH excluding ortho intramolecular Hbond substituents is 1. The van der Waals surface area contributed by atoms with Gasteiger partial charge in [-0.25, -0.2) is 0 Å². The molecule has 1 unspecified atom stereocenters. The third-order valence-electron chi connectivity index (χ3n) is 3.34. The predicted molar refractivity (Wildman–Crippen MR) is 76.7 cm³/mol. The van der Waals surface area contributed by atoms with Gasteiger partial charge in [0.2, 0.25) is 4.87 Å². The van der Waals surface area contributed by atoms with Crippen LogP contribution in [-0.4, -0.2) is 43.9 Å². The summed E-state index contributed by atoms with van der Waals surface area (Å²) in [5.74, 6) is -3.37. The van der Waals surface area contributed by atoms with Crippen LogP contribution in [0.25, 0.3) is 0 Å². The number of carbonyl (C=O) groups is 1. The van der Waals surface area contributed by atoms with E-state index in [1.807, 2.05) is 0 Å². The van der Waals surface area contributed by atoms with E-state index < -0.39 is 39.1 Å². The van der Waals surface area contributed by atoms with E-state index in [0.717, 1.165) is 36.4 Å². The molecule has 1 heterocycles. The fourth-order valence-corrected chi connectivity index (χ4v) is 3.54. The first-order valence-electron chi connectivity index (χ1n) is 6.18. The Morgan fingerprint density at radius 2 is 1.48 bits per heavy atom. The van der Waals surface area contributed by atoms with E-state index in [1.54, 1.807) is 0 Å². The number of hydrogen-bond donors (Lipinski definition) is 5. The second-order valence-corrected chi connectivity index (χ2v) is 6.39. The van der Waals surface area contributed by atoms with Crippen molar-refractivity contribution in [3.05, 3.63) is 42.0 Å². The number of rotatable bonds is 5. The molecule has 23 heavy (non-hydrogen) atoms. The van der Waals surface area contributed by atoms with Gasteiger partial charge < -0.3 is 20.4 Å². The van der Waals surface area contributed by atoms with Crippen molar-refractivity contribution >= 4 is 16.1 Å². The highest BCUT2D eigenvalue weighted by Gasteiger charge is 2.51. The maximum absolute atomic E-state index is 12.1. The lowest BCUT2D eigenvalue weighted by Crippen LogP contribution is -2.44. The van der Waals surface area contributed by atoms with Gasteiger partial charge in [-0.15, -0.1) is 0 Å². The topological polar surface area (TPSA) is 157 Å². The first kappa shape index (κ1) is 16.6. The zero-order chi connectivity index (χ0) is 17.4. The van der Waals surface area contributed by atoms with Crippen molar-refractivity contribution in [2.75, 3.05) is 0 Å². The van der Waals surface area contributed by atoms with Gasteiger partial charge in [0.1, 0.15) is 5.75 Å². The fourth-order valence-electron chi connectivity index (χ4n) is 2.38. The Kier molecular flexibility index (Phi) is 3.97. The summed E-state index contributed by atoms with van der Waals surface area (Å²) in [5, 5.41) is 38.1. The zero-order valence-corrected chi connectivity index (χ0v) is 12.3. The van der Waals surface area contributed by atoms with Crippen LogP contribution < -0.4 is 0 Å². The van der Waals surface area contributed by atoms with Crippen LogP contribution in [0.4, 0.5) is 0 Å². The van der Waals surface area contributed by atoms with Crippen molar-refractivity contribution in [1.29, 1.82) is 0 Å². The molecule has 0 fully saturated rings. The highest BCUT2D eigenvalue weighted by Crippen LogP contribution is 2.42. The van der Waals surface area contributed by atoms with E-state index in [4.69, 9.17) is 5.11 Å². The van der Waals surface area contributed by atoms with Gasteiger partial charge in [0.05, 0.1) is 6.42 Å². The molecule has 0 radical (unpaired) electrons. The molecule has 0 aliphatic carbocycles. The SMILES string of the molecule is O=C(O)CC(c1ccc(O)cc1)(n1c(O)ccc1O)S(=O)(=O)O. The molecule has 5 N–H and O–H groups in total. The van der Waals surface area contributed by atoms with Crippen LogP contribution >= 0.6 is 0 Å². The third kappa shape index (κ3) is 2.69. The Morgan fingerprint density at radius 3 is 1.87 bits per heavy atom. The van der Waals surface area contributed by atoms with Crippen molar-refractivity contribution in [2.45, 2.75) is 11.3 Å². The molecule has 1 atom stereocenters. The van der Waals surface area contributed by atoms with Gasteiger partial charge in [0, 0.05) is 12.1 Å². The number of hydrogen-bond acceptors (Lipinski definition) is 6. The lowest BCUT2D eigenvalue weighted by atomic mass is 10.0. The Morgan fingerprint density at radius 1 is 1.00 bits per heavy atom. The number of nitrogens with zero attached hydrogens (tertiary/aromatic N) is 1. The molecule has 0 spiro atoms. The number of aliphatic carboxylic acids is 1. The smallest absolute Gasteiger partial charge is 0.307 e. The van der Waals surface area contributed by atoms with Crippen molar-refractivity contribution in [1.82, 2.24) is 4.57 Å². The van der Waals surface area contributed by atoms with Crippen LogP contribution in [-0.2, 0) is 19.8 Å². The lowest BCUT2D eigenvalue weighted by molar-refractivity contribution is -0.138. The normalized spacial score (nSPS) is 14.3. The van der Waals surface area contributed by atoms with Gasteiger partial charge in [-0.05, 0) is 17.7 Å². The molecule has 0 saturated heterocycles. The summed E-state index contributed by atoms with van der Waals surface area (Å²) >= 11 is 0. The largest absolute Gasteiger partial charge is 0.508 e. The summed E-state index contributed by atoms with van der Waals surface area (Å²) in [7, 11) is -5.17. The van der Waals surface area contributed by atoms with Gasteiger partial charge >= 0.3 is 5.97 Å². The minimum absolute atomic E-state index is 0.228. The zero-order valence-electron chi connectivity index (χ0n) is 11.5. The summed E-state index contributed by atoms with van der Waals surface area (Å²) in [4.78, 5) is 8.50. The van der Waals surface area contributed by atoms with Crippen molar-refractivity contribution in [3.8, 4) is 17.5 Å². The Hall–Kier alpha value is -2.72. The number of phenols is 1. The highest BCUT2D eigenvalue weighted by molar-refractivity contribution is 7.86. The Bertz CT molecular complexity index is 820. The van der Waals surface area contributed by atoms with Gasteiger partial charge in [0.25, 0.3) is 10.1 Å². The molecule has 0 amide bonds. The van der Waals surface area contributed by atoms with Crippen molar-refractivity contribution in [3.63, 3.8) is 0 Å². The van der Waals surface area contributed by atoms with Crippen LogP contribution in [0.1, 0.15) is 12.0 Å². The van der Waals surface area contributed by atoms with Gasteiger partial charge in [-0.1, -0.05) is 12.1 Å².